The zero-order chi connectivity index (χ0) is 13.5. The molecule has 1 amide bonds. The number of carbonyl (C=O) groups is 2. The van der Waals surface area contributed by atoms with Crippen LogP contribution >= 0.6 is 0 Å². The summed E-state index contributed by atoms with van der Waals surface area (Å²) in [7, 11) is 2.62. The molecule has 0 saturated carbocycles. The van der Waals surface area contributed by atoms with Gasteiger partial charge in [-0.2, -0.15) is 0 Å². The largest absolute Gasteiger partial charge is 0.507 e. The van der Waals surface area contributed by atoms with Gasteiger partial charge < -0.3 is 19.9 Å². The molecule has 0 heterocycles. The first-order valence-corrected chi connectivity index (χ1v) is 5.25. The Labute approximate surface area is 105 Å². The van der Waals surface area contributed by atoms with Gasteiger partial charge in [0.05, 0.1) is 19.3 Å². The number of hydrogen-bond acceptors (Lipinski definition) is 5. The van der Waals surface area contributed by atoms with Crippen molar-refractivity contribution in [2.75, 3.05) is 20.8 Å². The summed E-state index contributed by atoms with van der Waals surface area (Å²) in [5.41, 5.74) is 0.0857. The Balaban J connectivity index is 2.79. The first-order valence-electron chi connectivity index (χ1n) is 5.25. The van der Waals surface area contributed by atoms with Crippen molar-refractivity contribution in [1.29, 1.82) is 0 Å². The van der Waals surface area contributed by atoms with Crippen LogP contribution < -0.4 is 5.32 Å². The van der Waals surface area contributed by atoms with E-state index in [9.17, 15) is 14.7 Å². The molecule has 0 aliphatic rings. The van der Waals surface area contributed by atoms with E-state index in [0.29, 0.717) is 0 Å². The van der Waals surface area contributed by atoms with Crippen molar-refractivity contribution in [2.45, 2.75) is 6.04 Å². The number of methoxy groups -OCH3 is 2. The lowest BCUT2D eigenvalue weighted by Crippen LogP contribution is -2.44. The molecule has 1 unspecified atom stereocenters. The number of benzene rings is 1. The number of amides is 1. The van der Waals surface area contributed by atoms with Crippen LogP contribution in [-0.2, 0) is 14.3 Å². The summed E-state index contributed by atoms with van der Waals surface area (Å²) in [6.07, 6.45) is 0. The van der Waals surface area contributed by atoms with Gasteiger partial charge in [-0.1, -0.05) is 12.1 Å². The zero-order valence-corrected chi connectivity index (χ0v) is 10.2. The lowest BCUT2D eigenvalue weighted by Gasteiger charge is -2.15. The van der Waals surface area contributed by atoms with Gasteiger partial charge in [0.25, 0.3) is 5.91 Å². The lowest BCUT2D eigenvalue weighted by atomic mass is 10.1. The van der Waals surface area contributed by atoms with Crippen LogP contribution in [-0.4, -0.2) is 43.9 Å². The number of nitrogens with one attached hydrogen (secondary N) is 1. The van der Waals surface area contributed by atoms with Crippen molar-refractivity contribution >= 4 is 11.9 Å². The minimum absolute atomic E-state index is 0.00793. The van der Waals surface area contributed by atoms with E-state index in [2.05, 4.69) is 10.1 Å². The highest BCUT2D eigenvalue weighted by molar-refractivity contribution is 5.98. The fourth-order valence-electron chi connectivity index (χ4n) is 1.38. The van der Waals surface area contributed by atoms with E-state index in [4.69, 9.17) is 4.74 Å². The van der Waals surface area contributed by atoms with Crippen LogP contribution in [0.2, 0.25) is 0 Å². The molecule has 18 heavy (non-hydrogen) atoms. The molecule has 0 fully saturated rings. The van der Waals surface area contributed by atoms with Gasteiger partial charge in [-0.15, -0.1) is 0 Å². The van der Waals surface area contributed by atoms with Crippen LogP contribution in [0.4, 0.5) is 0 Å². The normalized spacial score (nSPS) is 11.7. The number of phenolic OH excluding ortho intramolecular Hbond substituents is 1. The molecule has 0 aliphatic heterocycles. The SMILES string of the molecule is COCC(NC(=O)c1ccccc1O)C(=O)OC. The van der Waals surface area contributed by atoms with Gasteiger partial charge in [-0.25, -0.2) is 4.79 Å². The van der Waals surface area contributed by atoms with Crippen molar-refractivity contribution in [3.05, 3.63) is 29.8 Å². The molecule has 6 heteroatoms. The van der Waals surface area contributed by atoms with Gasteiger partial charge in [0.1, 0.15) is 5.75 Å². The van der Waals surface area contributed by atoms with E-state index in [1.807, 2.05) is 0 Å². The molecule has 1 atom stereocenters. The molecule has 1 aromatic carbocycles. The van der Waals surface area contributed by atoms with Gasteiger partial charge in [-0.05, 0) is 12.1 Å². The topological polar surface area (TPSA) is 84.9 Å². The highest BCUT2D eigenvalue weighted by atomic mass is 16.5. The van der Waals surface area contributed by atoms with Gasteiger partial charge in [0.2, 0.25) is 0 Å². The third-order valence-corrected chi connectivity index (χ3v) is 2.27. The zero-order valence-electron chi connectivity index (χ0n) is 10.2. The van der Waals surface area contributed by atoms with Crippen LogP contribution in [0.1, 0.15) is 10.4 Å². The third kappa shape index (κ3) is 3.46. The fourth-order valence-corrected chi connectivity index (χ4v) is 1.38. The average Bonchev–Trinajstić information content (AvgIpc) is 2.37. The molecule has 1 aromatic rings. The summed E-state index contributed by atoms with van der Waals surface area (Å²) in [4.78, 5) is 23.2. The first kappa shape index (κ1) is 14.0. The quantitative estimate of drug-likeness (QED) is 0.738. The summed E-state index contributed by atoms with van der Waals surface area (Å²) >= 11 is 0. The second-order valence-corrected chi connectivity index (χ2v) is 3.52. The van der Waals surface area contributed by atoms with Crippen molar-refractivity contribution in [1.82, 2.24) is 5.32 Å². The van der Waals surface area contributed by atoms with E-state index < -0.39 is 17.9 Å². The van der Waals surface area contributed by atoms with E-state index in [1.165, 1.54) is 26.4 Å². The summed E-state index contributed by atoms with van der Waals surface area (Å²) in [5, 5.41) is 11.9. The van der Waals surface area contributed by atoms with Gasteiger partial charge in [-0.3, -0.25) is 4.79 Å². The molecular weight excluding hydrogens is 238 g/mol. The Bertz CT molecular complexity index is 432. The van der Waals surface area contributed by atoms with E-state index in [-0.39, 0.29) is 17.9 Å². The number of esters is 1. The Morgan fingerprint density at radius 3 is 2.56 bits per heavy atom. The van der Waals surface area contributed by atoms with Crippen LogP contribution in [0.5, 0.6) is 5.75 Å². The Hall–Kier alpha value is -2.08. The summed E-state index contributed by atoms with van der Waals surface area (Å²) in [6, 6.07) is 5.13. The van der Waals surface area contributed by atoms with Crippen LogP contribution in [0.3, 0.4) is 0 Å². The maximum atomic E-state index is 11.8. The second-order valence-electron chi connectivity index (χ2n) is 3.52. The predicted octanol–water partition coefficient (Wildman–Crippen LogP) is 0.310. The number of para-hydroxylation sites is 1. The molecule has 0 spiro atoms. The van der Waals surface area contributed by atoms with Crippen LogP contribution in [0, 0.1) is 0 Å². The Morgan fingerprint density at radius 1 is 1.33 bits per heavy atom. The molecule has 0 aromatic heterocycles. The van der Waals surface area contributed by atoms with E-state index >= 15 is 0 Å². The number of hydrogen-bond donors (Lipinski definition) is 2. The van der Waals surface area contributed by atoms with E-state index in [0.717, 1.165) is 0 Å². The highest BCUT2D eigenvalue weighted by Crippen LogP contribution is 2.15. The number of aromatic hydroxyl groups is 1. The smallest absolute Gasteiger partial charge is 0.330 e. The Morgan fingerprint density at radius 2 is 2.00 bits per heavy atom. The second kappa shape index (κ2) is 6.61. The average molecular weight is 253 g/mol. The third-order valence-electron chi connectivity index (χ3n) is 2.27. The first-order chi connectivity index (χ1) is 8.60. The van der Waals surface area contributed by atoms with Gasteiger partial charge >= 0.3 is 5.97 Å². The number of carbonyl (C=O) groups excluding carboxylic acids is 2. The molecule has 1 rings (SSSR count). The summed E-state index contributed by atoms with van der Waals surface area (Å²) in [5.74, 6) is -1.34. The molecule has 98 valence electrons. The molecule has 0 aliphatic carbocycles. The van der Waals surface area contributed by atoms with Crippen molar-refractivity contribution in [2.24, 2.45) is 0 Å². The monoisotopic (exact) mass is 253 g/mol. The predicted molar refractivity (Wildman–Crippen MR) is 63.3 cm³/mol. The molecule has 0 saturated heterocycles. The van der Waals surface area contributed by atoms with Gasteiger partial charge in [0.15, 0.2) is 6.04 Å². The van der Waals surface area contributed by atoms with Crippen LogP contribution in [0.25, 0.3) is 0 Å². The minimum Gasteiger partial charge on any atom is -0.507 e. The minimum atomic E-state index is -0.910. The molecular formula is C12H15NO5. The number of rotatable bonds is 5. The maximum Gasteiger partial charge on any atom is 0.330 e. The molecule has 6 nitrogen and oxygen atoms in total. The lowest BCUT2D eigenvalue weighted by molar-refractivity contribution is -0.144. The van der Waals surface area contributed by atoms with Crippen molar-refractivity contribution in [3.63, 3.8) is 0 Å². The van der Waals surface area contributed by atoms with E-state index in [1.54, 1.807) is 12.1 Å². The number of ether oxygens (including phenoxy) is 2. The molecule has 0 radical (unpaired) electrons. The Kier molecular flexibility index (Phi) is 5.13. The molecule has 0 bridgehead atoms. The standard InChI is InChI=1S/C12H15NO5/c1-17-7-9(12(16)18-2)13-11(15)8-5-3-4-6-10(8)14/h3-6,9,14H,7H2,1-2H3,(H,13,15). The highest BCUT2D eigenvalue weighted by Gasteiger charge is 2.22. The molecule has 2 N–H and O–H groups in total. The van der Waals surface area contributed by atoms with Gasteiger partial charge in [0, 0.05) is 7.11 Å². The fraction of sp³-hybridized carbons (Fsp3) is 0.333. The van der Waals surface area contributed by atoms with Crippen molar-refractivity contribution in [3.8, 4) is 5.75 Å². The van der Waals surface area contributed by atoms with Crippen LogP contribution in [0.15, 0.2) is 24.3 Å². The number of phenols is 1. The summed E-state index contributed by atoms with van der Waals surface area (Å²) in [6.45, 7) is -0.00793. The van der Waals surface area contributed by atoms with Crippen molar-refractivity contribution < 1.29 is 24.2 Å². The summed E-state index contributed by atoms with van der Waals surface area (Å²) < 4.78 is 9.35. The maximum absolute atomic E-state index is 11.8.